The Bertz CT molecular complexity index is 1050. The predicted octanol–water partition coefficient (Wildman–Crippen LogP) is 4.73. The van der Waals surface area contributed by atoms with Crippen LogP contribution in [0.3, 0.4) is 0 Å². The molecule has 0 bridgehead atoms. The second-order valence-corrected chi connectivity index (χ2v) is 6.71. The zero-order valence-electron chi connectivity index (χ0n) is 13.7. The molecule has 0 amide bonds. The minimum Gasteiger partial charge on any atom is -0.328 e. The molecule has 4 aromatic rings. The molecular formula is C19H16BrFN4. The maximum Gasteiger partial charge on any atom is 0.125 e. The number of benzene rings is 2. The van der Waals surface area contributed by atoms with Crippen molar-refractivity contribution in [3.05, 3.63) is 76.5 Å². The normalized spacial score (nSPS) is 11.3. The molecule has 4 rings (SSSR count). The van der Waals surface area contributed by atoms with E-state index in [0.29, 0.717) is 12.1 Å². The van der Waals surface area contributed by atoms with Crippen molar-refractivity contribution in [1.82, 2.24) is 19.3 Å². The van der Waals surface area contributed by atoms with Crippen molar-refractivity contribution in [2.24, 2.45) is 0 Å². The van der Waals surface area contributed by atoms with Crippen LogP contribution >= 0.6 is 15.9 Å². The Kier molecular flexibility index (Phi) is 4.13. The first-order chi connectivity index (χ1) is 12.2. The van der Waals surface area contributed by atoms with Gasteiger partial charge in [0.1, 0.15) is 11.6 Å². The summed E-state index contributed by atoms with van der Waals surface area (Å²) in [5.74, 6) is 0.693. The number of halogens is 2. The van der Waals surface area contributed by atoms with E-state index in [1.165, 1.54) is 12.1 Å². The molecule has 6 heteroatoms. The van der Waals surface area contributed by atoms with E-state index >= 15 is 0 Å². The van der Waals surface area contributed by atoms with Crippen molar-refractivity contribution < 1.29 is 4.39 Å². The summed E-state index contributed by atoms with van der Waals surface area (Å²) in [6.07, 6.45) is 2.35. The van der Waals surface area contributed by atoms with Gasteiger partial charge in [-0.2, -0.15) is 5.10 Å². The summed E-state index contributed by atoms with van der Waals surface area (Å²) < 4.78 is 18.5. The first-order valence-electron chi connectivity index (χ1n) is 8.09. The lowest BCUT2D eigenvalue weighted by atomic mass is 10.2. The Hall–Kier alpha value is -2.47. The average molecular weight is 399 g/mol. The first kappa shape index (κ1) is 16.0. The van der Waals surface area contributed by atoms with Crippen LogP contribution in [-0.2, 0) is 13.0 Å². The summed E-state index contributed by atoms with van der Waals surface area (Å²) in [5, 5.41) is 4.35. The highest BCUT2D eigenvalue weighted by atomic mass is 79.9. The number of imidazole rings is 1. The van der Waals surface area contributed by atoms with Crippen molar-refractivity contribution in [3.63, 3.8) is 0 Å². The molecule has 4 nitrogen and oxygen atoms in total. The maximum absolute atomic E-state index is 13.6. The monoisotopic (exact) mass is 398 g/mol. The van der Waals surface area contributed by atoms with Gasteiger partial charge in [-0.15, -0.1) is 0 Å². The highest BCUT2D eigenvalue weighted by molar-refractivity contribution is 9.10. The molecule has 0 N–H and O–H groups in total. The molecule has 0 atom stereocenters. The van der Waals surface area contributed by atoms with Crippen molar-refractivity contribution in [1.29, 1.82) is 0 Å². The Morgan fingerprint density at radius 3 is 2.80 bits per heavy atom. The van der Waals surface area contributed by atoms with E-state index in [9.17, 15) is 4.39 Å². The van der Waals surface area contributed by atoms with Crippen LogP contribution in [0.4, 0.5) is 4.39 Å². The first-order valence-corrected chi connectivity index (χ1v) is 8.88. The van der Waals surface area contributed by atoms with Gasteiger partial charge in [0.15, 0.2) is 0 Å². The van der Waals surface area contributed by atoms with Gasteiger partial charge in [-0.25, -0.2) is 14.1 Å². The molecule has 0 aliphatic rings. The molecule has 0 radical (unpaired) electrons. The molecule has 0 saturated carbocycles. The van der Waals surface area contributed by atoms with E-state index in [4.69, 9.17) is 4.98 Å². The van der Waals surface area contributed by atoms with Gasteiger partial charge in [0.2, 0.25) is 0 Å². The Morgan fingerprint density at radius 1 is 1.12 bits per heavy atom. The maximum atomic E-state index is 13.6. The molecule has 0 aliphatic carbocycles. The third-order valence-electron chi connectivity index (χ3n) is 4.22. The predicted molar refractivity (Wildman–Crippen MR) is 99.4 cm³/mol. The number of aryl methyl sites for hydroxylation is 1. The lowest BCUT2D eigenvalue weighted by Gasteiger charge is -2.09. The number of aromatic nitrogens is 4. The Morgan fingerprint density at radius 2 is 2.00 bits per heavy atom. The molecule has 0 aliphatic heterocycles. The van der Waals surface area contributed by atoms with E-state index < -0.39 is 0 Å². The number of nitrogens with zero attached hydrogens (tertiary/aromatic N) is 4. The Balaban J connectivity index is 1.77. The van der Waals surface area contributed by atoms with Crippen molar-refractivity contribution in [2.75, 3.05) is 0 Å². The van der Waals surface area contributed by atoms with Gasteiger partial charge in [0.05, 0.1) is 22.4 Å². The van der Waals surface area contributed by atoms with Gasteiger partial charge in [-0.1, -0.05) is 22.0 Å². The number of hydrogen-bond acceptors (Lipinski definition) is 2. The Labute approximate surface area is 153 Å². The van der Waals surface area contributed by atoms with Gasteiger partial charge < -0.3 is 4.57 Å². The fraction of sp³-hybridized carbons (Fsp3) is 0.158. The largest absolute Gasteiger partial charge is 0.328 e. The lowest BCUT2D eigenvalue weighted by Crippen LogP contribution is -2.07. The summed E-state index contributed by atoms with van der Waals surface area (Å²) in [6.45, 7) is 2.94. The number of fused-ring (bicyclic) bond motifs is 1. The van der Waals surface area contributed by atoms with Gasteiger partial charge in [-0.05, 0) is 49.4 Å². The molecule has 2 aromatic heterocycles. The molecule has 25 heavy (non-hydrogen) atoms. The van der Waals surface area contributed by atoms with Crippen LogP contribution in [0.15, 0.2) is 59.2 Å². The summed E-state index contributed by atoms with van der Waals surface area (Å²) in [6, 6.07) is 14.5. The fourth-order valence-corrected chi connectivity index (χ4v) is 3.46. The van der Waals surface area contributed by atoms with Crippen LogP contribution in [0, 0.1) is 5.82 Å². The standard InChI is InChI=1S/C19H16BrFN4/c1-2-24-18-7-6-13(20)10-17(18)23-19(24)12-16-8-9-22-25(16)15-5-3-4-14(21)11-15/h3-11H,2,12H2,1H3. The molecule has 0 saturated heterocycles. The van der Waals surface area contributed by atoms with E-state index in [2.05, 4.69) is 38.6 Å². The van der Waals surface area contributed by atoms with Crippen molar-refractivity contribution >= 4 is 27.0 Å². The van der Waals surface area contributed by atoms with Crippen molar-refractivity contribution in [3.8, 4) is 5.69 Å². The molecule has 0 unspecified atom stereocenters. The zero-order valence-corrected chi connectivity index (χ0v) is 15.2. The smallest absolute Gasteiger partial charge is 0.125 e. The third-order valence-corrected chi connectivity index (χ3v) is 4.71. The summed E-state index contributed by atoms with van der Waals surface area (Å²) >= 11 is 3.50. The molecule has 0 spiro atoms. The van der Waals surface area contributed by atoms with Crippen LogP contribution in [0.1, 0.15) is 18.4 Å². The van der Waals surface area contributed by atoms with Gasteiger partial charge in [-0.3, -0.25) is 0 Å². The molecule has 2 aromatic carbocycles. The van der Waals surface area contributed by atoms with E-state index in [0.717, 1.165) is 33.6 Å². The fourth-order valence-electron chi connectivity index (χ4n) is 3.11. The lowest BCUT2D eigenvalue weighted by molar-refractivity contribution is 0.624. The quantitative estimate of drug-likeness (QED) is 0.497. The van der Waals surface area contributed by atoms with Gasteiger partial charge in [0.25, 0.3) is 0 Å². The molecule has 126 valence electrons. The van der Waals surface area contributed by atoms with Gasteiger partial charge in [0, 0.05) is 23.6 Å². The second kappa shape index (κ2) is 6.44. The zero-order chi connectivity index (χ0) is 17.4. The summed E-state index contributed by atoms with van der Waals surface area (Å²) in [5.41, 5.74) is 3.75. The van der Waals surface area contributed by atoms with E-state index in [1.807, 2.05) is 24.3 Å². The van der Waals surface area contributed by atoms with Crippen LogP contribution in [0.5, 0.6) is 0 Å². The van der Waals surface area contributed by atoms with Gasteiger partial charge >= 0.3 is 0 Å². The van der Waals surface area contributed by atoms with E-state index in [1.54, 1.807) is 16.9 Å². The van der Waals surface area contributed by atoms with Crippen LogP contribution in [0.25, 0.3) is 16.7 Å². The van der Waals surface area contributed by atoms with Crippen molar-refractivity contribution in [2.45, 2.75) is 19.9 Å². The SMILES string of the molecule is CCn1c(Cc2ccnn2-c2cccc(F)c2)nc2cc(Br)ccc21. The topological polar surface area (TPSA) is 35.6 Å². The second-order valence-electron chi connectivity index (χ2n) is 5.80. The number of hydrogen-bond donors (Lipinski definition) is 0. The molecule has 0 fully saturated rings. The molecule has 2 heterocycles. The minimum absolute atomic E-state index is 0.274. The van der Waals surface area contributed by atoms with Crippen LogP contribution < -0.4 is 0 Å². The van der Waals surface area contributed by atoms with Crippen LogP contribution in [0.2, 0.25) is 0 Å². The highest BCUT2D eigenvalue weighted by Crippen LogP contribution is 2.23. The van der Waals surface area contributed by atoms with E-state index in [-0.39, 0.29) is 5.82 Å². The minimum atomic E-state index is -0.274. The number of rotatable bonds is 4. The highest BCUT2D eigenvalue weighted by Gasteiger charge is 2.14. The average Bonchev–Trinajstić information content (AvgIpc) is 3.18. The summed E-state index contributed by atoms with van der Waals surface area (Å²) in [4.78, 5) is 4.79. The molecular weight excluding hydrogens is 383 g/mol. The summed E-state index contributed by atoms with van der Waals surface area (Å²) in [7, 11) is 0. The third kappa shape index (κ3) is 2.98. The van der Waals surface area contributed by atoms with Crippen LogP contribution in [-0.4, -0.2) is 19.3 Å².